The molecule has 1 aliphatic rings. The molecule has 2 aromatic carbocycles. The van der Waals surface area contributed by atoms with Gasteiger partial charge in [0.1, 0.15) is 11.9 Å². The van der Waals surface area contributed by atoms with Crippen LogP contribution < -0.4 is 15.6 Å². The smallest absolute Gasteiger partial charge is 0.322 e. The van der Waals surface area contributed by atoms with Crippen molar-refractivity contribution in [3.8, 4) is 17.3 Å². The number of pyridine rings is 1. The second-order valence-electron chi connectivity index (χ2n) is 9.38. The van der Waals surface area contributed by atoms with Gasteiger partial charge in [-0.05, 0) is 49.1 Å². The van der Waals surface area contributed by atoms with E-state index in [1.54, 1.807) is 30.9 Å². The van der Waals surface area contributed by atoms with Crippen molar-refractivity contribution in [3.05, 3.63) is 103 Å². The number of urea groups is 1. The number of hydrogen-bond donors (Lipinski definition) is 2. The van der Waals surface area contributed by atoms with Crippen LogP contribution in [0.5, 0.6) is 0 Å². The first-order valence-corrected chi connectivity index (χ1v) is 13.0. The highest BCUT2D eigenvalue weighted by molar-refractivity contribution is 5.93. The molecule has 39 heavy (non-hydrogen) atoms. The predicted molar refractivity (Wildman–Crippen MR) is 150 cm³/mol. The molecule has 2 aromatic heterocycles. The summed E-state index contributed by atoms with van der Waals surface area (Å²) in [6.07, 6.45) is 9.18. The van der Waals surface area contributed by atoms with Gasteiger partial charge in [-0.15, -0.1) is 0 Å². The first-order valence-electron chi connectivity index (χ1n) is 13.0. The van der Waals surface area contributed by atoms with Gasteiger partial charge in [0, 0.05) is 55.5 Å². The molecule has 2 N–H and O–H groups in total. The third kappa shape index (κ3) is 6.74. The van der Waals surface area contributed by atoms with Gasteiger partial charge >= 0.3 is 6.03 Å². The van der Waals surface area contributed by atoms with Gasteiger partial charge in [-0.3, -0.25) is 14.9 Å². The molecule has 0 saturated carbocycles. The van der Waals surface area contributed by atoms with E-state index in [4.69, 9.17) is 5.26 Å². The molecular weight excluding hydrogens is 488 g/mol. The summed E-state index contributed by atoms with van der Waals surface area (Å²) in [4.78, 5) is 28.4. The number of carbonyl (C=O) groups excluding carboxylic acids is 1. The lowest BCUT2D eigenvalue weighted by atomic mass is 10.1. The van der Waals surface area contributed by atoms with E-state index in [0.717, 1.165) is 54.9 Å². The van der Waals surface area contributed by atoms with Crippen molar-refractivity contribution in [2.75, 3.05) is 23.4 Å². The van der Waals surface area contributed by atoms with Crippen LogP contribution in [-0.4, -0.2) is 45.1 Å². The highest BCUT2D eigenvalue weighted by atomic mass is 16.2. The van der Waals surface area contributed by atoms with Gasteiger partial charge in [0.05, 0.1) is 17.5 Å². The van der Waals surface area contributed by atoms with Crippen LogP contribution in [0.4, 0.5) is 16.3 Å². The van der Waals surface area contributed by atoms with Crippen molar-refractivity contribution in [2.45, 2.75) is 31.8 Å². The van der Waals surface area contributed by atoms with Crippen LogP contribution in [0.2, 0.25) is 0 Å². The summed E-state index contributed by atoms with van der Waals surface area (Å²) < 4.78 is 0. The molecule has 2 amide bonds. The molecule has 0 radical (unpaired) electrons. The van der Waals surface area contributed by atoms with Crippen LogP contribution in [0, 0.1) is 11.3 Å². The molecule has 1 atom stereocenters. The third-order valence-corrected chi connectivity index (χ3v) is 6.74. The van der Waals surface area contributed by atoms with E-state index >= 15 is 0 Å². The van der Waals surface area contributed by atoms with E-state index in [0.29, 0.717) is 17.9 Å². The fourth-order valence-corrected chi connectivity index (χ4v) is 4.73. The fraction of sp³-hybridized carbons (Fsp3) is 0.233. The third-order valence-electron chi connectivity index (χ3n) is 6.74. The minimum atomic E-state index is -0.119. The van der Waals surface area contributed by atoms with E-state index < -0.39 is 0 Å². The number of rotatable bonds is 7. The molecule has 0 spiro atoms. The van der Waals surface area contributed by atoms with Gasteiger partial charge in [-0.2, -0.15) is 5.26 Å². The molecule has 9 nitrogen and oxygen atoms in total. The summed E-state index contributed by atoms with van der Waals surface area (Å²) in [6.45, 7) is 2.02. The first-order chi connectivity index (χ1) is 19.2. The van der Waals surface area contributed by atoms with Gasteiger partial charge in [0.25, 0.3) is 0 Å². The van der Waals surface area contributed by atoms with Crippen LogP contribution in [0.15, 0.2) is 91.5 Å². The summed E-state index contributed by atoms with van der Waals surface area (Å²) >= 11 is 0. The van der Waals surface area contributed by atoms with Gasteiger partial charge in [-0.25, -0.2) is 14.8 Å². The largest absolute Gasteiger partial charge is 0.334 e. The van der Waals surface area contributed by atoms with Crippen molar-refractivity contribution in [2.24, 2.45) is 0 Å². The number of amides is 2. The summed E-state index contributed by atoms with van der Waals surface area (Å²) in [6, 6.07) is 23.4. The van der Waals surface area contributed by atoms with Gasteiger partial charge in [-0.1, -0.05) is 42.5 Å². The van der Waals surface area contributed by atoms with Crippen LogP contribution >= 0.6 is 0 Å². The van der Waals surface area contributed by atoms with Gasteiger partial charge < -0.3 is 10.7 Å². The van der Waals surface area contributed by atoms with Crippen molar-refractivity contribution < 1.29 is 4.79 Å². The van der Waals surface area contributed by atoms with Crippen LogP contribution in [-0.2, 0) is 6.54 Å². The number of hydrogen-bond acceptors (Lipinski definition) is 7. The highest BCUT2D eigenvalue weighted by Gasteiger charge is 2.28. The summed E-state index contributed by atoms with van der Waals surface area (Å²) in [7, 11) is 0. The number of nitriles is 1. The summed E-state index contributed by atoms with van der Waals surface area (Å²) in [5, 5.41) is 14.3. The van der Waals surface area contributed by atoms with Crippen molar-refractivity contribution >= 4 is 17.5 Å². The Morgan fingerprint density at radius 1 is 0.974 bits per heavy atom. The van der Waals surface area contributed by atoms with Crippen LogP contribution in [0.3, 0.4) is 0 Å². The Morgan fingerprint density at radius 2 is 1.82 bits per heavy atom. The summed E-state index contributed by atoms with van der Waals surface area (Å²) in [5.74, 6) is 0.699. The zero-order chi connectivity index (χ0) is 26.9. The fourth-order valence-electron chi connectivity index (χ4n) is 4.73. The highest BCUT2D eigenvalue weighted by Crippen LogP contribution is 2.27. The number of nitrogens with zero attached hydrogens (tertiary/aromatic N) is 6. The molecule has 196 valence electrons. The lowest BCUT2D eigenvalue weighted by Gasteiger charge is -2.32. The Labute approximate surface area is 228 Å². The van der Waals surface area contributed by atoms with E-state index in [-0.39, 0.29) is 12.1 Å². The Hall–Kier alpha value is -4.81. The molecule has 1 unspecified atom stereocenters. The molecule has 5 rings (SSSR count). The van der Waals surface area contributed by atoms with E-state index in [2.05, 4.69) is 36.8 Å². The maximum atomic E-state index is 13.6. The van der Waals surface area contributed by atoms with E-state index in [1.165, 1.54) is 0 Å². The molecule has 4 aromatic rings. The number of hydrazine groups is 1. The number of carbonyl (C=O) groups is 1. The van der Waals surface area contributed by atoms with E-state index in [9.17, 15) is 4.79 Å². The SMILES string of the molecule is N#Cc1ccc(NN2CCCC(N(C(=O)NCc3ccccc3)c3ccc(-c4cnccn4)cc3)CC2)nc1. The maximum absolute atomic E-state index is 13.6. The Bertz CT molecular complexity index is 1390. The van der Waals surface area contributed by atoms with E-state index in [1.807, 2.05) is 65.6 Å². The molecule has 1 fully saturated rings. The monoisotopic (exact) mass is 518 g/mol. The number of nitrogens with one attached hydrogen (secondary N) is 2. The molecule has 1 aliphatic heterocycles. The summed E-state index contributed by atoms with van der Waals surface area (Å²) in [5.41, 5.74) is 7.51. The van der Waals surface area contributed by atoms with Crippen molar-refractivity contribution in [1.82, 2.24) is 25.3 Å². The molecule has 0 bridgehead atoms. The van der Waals surface area contributed by atoms with Gasteiger partial charge in [0.2, 0.25) is 0 Å². The Balaban J connectivity index is 1.32. The molecule has 3 heterocycles. The molecule has 1 saturated heterocycles. The number of aromatic nitrogens is 3. The van der Waals surface area contributed by atoms with Crippen LogP contribution in [0.25, 0.3) is 11.3 Å². The lowest BCUT2D eigenvalue weighted by Crippen LogP contribution is -2.46. The Kier molecular flexibility index (Phi) is 8.36. The average molecular weight is 519 g/mol. The predicted octanol–water partition coefficient (Wildman–Crippen LogP) is 5.01. The zero-order valence-electron chi connectivity index (χ0n) is 21.6. The minimum absolute atomic E-state index is 0.0175. The quantitative estimate of drug-likeness (QED) is 0.354. The minimum Gasteiger partial charge on any atom is -0.334 e. The molecule has 0 aliphatic carbocycles. The molecular formula is C30H30N8O. The maximum Gasteiger partial charge on any atom is 0.322 e. The second-order valence-corrected chi connectivity index (χ2v) is 9.38. The Morgan fingerprint density at radius 3 is 2.54 bits per heavy atom. The second kappa shape index (κ2) is 12.6. The lowest BCUT2D eigenvalue weighted by molar-refractivity contribution is 0.242. The zero-order valence-corrected chi connectivity index (χ0v) is 21.6. The number of benzene rings is 2. The normalized spacial score (nSPS) is 15.5. The first kappa shape index (κ1) is 25.8. The molecule has 9 heteroatoms. The van der Waals surface area contributed by atoms with Gasteiger partial charge in [0.15, 0.2) is 0 Å². The van der Waals surface area contributed by atoms with Crippen molar-refractivity contribution in [3.63, 3.8) is 0 Å². The standard InChI is InChI=1S/C30H30N8O/c31-19-24-8-13-29(34-21-24)36-37-17-4-7-26(14-18-37)38(30(39)35-20-23-5-2-1-3-6-23)27-11-9-25(10-12-27)28-22-32-15-16-33-28/h1-3,5-6,8-13,15-16,21-22,26H,4,7,14,17-18,20H2,(H,34,36)(H,35,39). The average Bonchev–Trinajstić information content (AvgIpc) is 3.23. The topological polar surface area (TPSA) is 110 Å². The number of anilines is 2. The van der Waals surface area contributed by atoms with Crippen molar-refractivity contribution in [1.29, 1.82) is 5.26 Å². The van der Waals surface area contributed by atoms with Crippen LogP contribution in [0.1, 0.15) is 30.4 Å².